The molecule has 3 nitrogen and oxygen atoms in total. The Labute approximate surface area is 98.6 Å². The van der Waals surface area contributed by atoms with E-state index in [4.69, 9.17) is 4.42 Å². The zero-order valence-electron chi connectivity index (χ0n) is 9.63. The summed E-state index contributed by atoms with van der Waals surface area (Å²) in [4.78, 5) is 11.7. The molecule has 0 amide bonds. The molecule has 2 rings (SSSR count). The van der Waals surface area contributed by atoms with Gasteiger partial charge in [0.2, 0.25) is 5.78 Å². The highest BCUT2D eigenvalue weighted by Crippen LogP contribution is 2.20. The van der Waals surface area contributed by atoms with Crippen LogP contribution in [0.2, 0.25) is 0 Å². The van der Waals surface area contributed by atoms with E-state index < -0.39 is 0 Å². The number of hydrogen-bond acceptors (Lipinski definition) is 3. The van der Waals surface area contributed by atoms with Gasteiger partial charge in [0.05, 0.1) is 6.54 Å². The highest BCUT2D eigenvalue weighted by Gasteiger charge is 2.11. The first-order valence-corrected chi connectivity index (χ1v) is 5.63. The molecule has 0 unspecified atom stereocenters. The zero-order chi connectivity index (χ0) is 12.3. The largest absolute Gasteiger partial charge is 0.453 e. The molecule has 1 heterocycles. The Morgan fingerprint density at radius 3 is 3.00 bits per heavy atom. The summed E-state index contributed by atoms with van der Waals surface area (Å²) < 4.78 is 18.3. The number of ketones is 1. The minimum Gasteiger partial charge on any atom is -0.453 e. The second-order valence-corrected chi connectivity index (χ2v) is 3.89. The third kappa shape index (κ3) is 2.71. The van der Waals surface area contributed by atoms with Crippen molar-refractivity contribution in [2.24, 2.45) is 0 Å². The molecule has 0 saturated heterocycles. The van der Waals surface area contributed by atoms with Gasteiger partial charge in [0.15, 0.2) is 5.76 Å². The molecule has 1 aromatic heterocycles. The monoisotopic (exact) mass is 235 g/mol. The van der Waals surface area contributed by atoms with Gasteiger partial charge < -0.3 is 9.73 Å². The number of Topliss-reactive ketones (excluding diaryl/α,β-unsaturated/α-hetero) is 1. The molecule has 2 aromatic rings. The number of hydrogen-bond donors (Lipinski definition) is 1. The molecule has 0 bridgehead atoms. The number of nitrogens with one attached hydrogen (secondary N) is 1. The highest BCUT2D eigenvalue weighted by atomic mass is 19.1. The first-order chi connectivity index (χ1) is 8.20. The Hall–Kier alpha value is -1.68. The zero-order valence-corrected chi connectivity index (χ0v) is 9.63. The van der Waals surface area contributed by atoms with E-state index in [-0.39, 0.29) is 23.9 Å². The van der Waals surface area contributed by atoms with E-state index in [1.165, 1.54) is 18.2 Å². The van der Waals surface area contributed by atoms with Gasteiger partial charge in [0, 0.05) is 5.39 Å². The van der Waals surface area contributed by atoms with Crippen LogP contribution < -0.4 is 5.32 Å². The molecule has 17 heavy (non-hydrogen) atoms. The van der Waals surface area contributed by atoms with Crippen LogP contribution in [-0.2, 0) is 0 Å². The van der Waals surface area contributed by atoms with Crippen LogP contribution in [0.15, 0.2) is 28.7 Å². The lowest BCUT2D eigenvalue weighted by molar-refractivity contribution is 0.0967. The van der Waals surface area contributed by atoms with Gasteiger partial charge in [-0.05, 0) is 37.2 Å². The first-order valence-electron chi connectivity index (χ1n) is 5.63. The van der Waals surface area contributed by atoms with Crippen molar-refractivity contribution in [2.75, 3.05) is 13.1 Å². The van der Waals surface area contributed by atoms with Gasteiger partial charge >= 0.3 is 0 Å². The van der Waals surface area contributed by atoms with E-state index in [1.807, 2.05) is 6.92 Å². The second-order valence-electron chi connectivity index (χ2n) is 3.89. The Morgan fingerprint density at radius 2 is 2.24 bits per heavy atom. The fraction of sp³-hybridized carbons (Fsp3) is 0.308. The third-order valence-electron chi connectivity index (χ3n) is 2.47. The number of benzene rings is 1. The molecule has 1 N–H and O–H groups in total. The summed E-state index contributed by atoms with van der Waals surface area (Å²) in [7, 11) is 0. The van der Waals surface area contributed by atoms with Gasteiger partial charge in [-0.3, -0.25) is 4.79 Å². The minimum absolute atomic E-state index is 0.116. The van der Waals surface area contributed by atoms with Crippen LogP contribution >= 0.6 is 0 Å². The van der Waals surface area contributed by atoms with Crippen molar-refractivity contribution in [2.45, 2.75) is 13.3 Å². The molecule has 0 saturated carbocycles. The predicted molar refractivity (Wildman–Crippen MR) is 63.7 cm³/mol. The Bertz CT molecular complexity index is 533. The first kappa shape index (κ1) is 11.8. The third-order valence-corrected chi connectivity index (χ3v) is 2.47. The molecule has 0 radical (unpaired) electrons. The molecular formula is C13H14FNO2. The number of rotatable bonds is 5. The Balaban J connectivity index is 2.15. The van der Waals surface area contributed by atoms with Crippen LogP contribution in [0.5, 0.6) is 0 Å². The van der Waals surface area contributed by atoms with Crippen LogP contribution in [0.4, 0.5) is 4.39 Å². The van der Waals surface area contributed by atoms with E-state index in [9.17, 15) is 9.18 Å². The molecule has 0 aliphatic rings. The van der Waals surface area contributed by atoms with Gasteiger partial charge in [-0.2, -0.15) is 0 Å². The summed E-state index contributed by atoms with van der Waals surface area (Å²) in [6.07, 6.45) is 0.971. The van der Waals surface area contributed by atoms with Gasteiger partial charge in [-0.1, -0.05) is 6.92 Å². The molecular weight excluding hydrogens is 221 g/mol. The maximum atomic E-state index is 13.0. The molecule has 0 aliphatic carbocycles. The van der Waals surface area contributed by atoms with Crippen LogP contribution in [0.1, 0.15) is 23.9 Å². The van der Waals surface area contributed by atoms with Crippen molar-refractivity contribution in [3.63, 3.8) is 0 Å². The number of furan rings is 1. The van der Waals surface area contributed by atoms with Crippen molar-refractivity contribution >= 4 is 16.8 Å². The smallest absolute Gasteiger partial charge is 0.211 e. The summed E-state index contributed by atoms with van der Waals surface area (Å²) in [6, 6.07) is 5.78. The molecule has 90 valence electrons. The van der Waals surface area contributed by atoms with Crippen molar-refractivity contribution in [3.8, 4) is 0 Å². The summed E-state index contributed by atoms with van der Waals surface area (Å²) in [5.41, 5.74) is 0.533. The maximum absolute atomic E-state index is 13.0. The van der Waals surface area contributed by atoms with Gasteiger partial charge in [-0.25, -0.2) is 4.39 Å². The van der Waals surface area contributed by atoms with E-state index in [1.54, 1.807) is 6.07 Å². The summed E-state index contributed by atoms with van der Waals surface area (Å²) in [5, 5.41) is 3.62. The van der Waals surface area contributed by atoms with Gasteiger partial charge in [-0.15, -0.1) is 0 Å². The topological polar surface area (TPSA) is 42.2 Å². The van der Waals surface area contributed by atoms with Crippen LogP contribution in [0.25, 0.3) is 11.0 Å². The molecule has 0 atom stereocenters. The average molecular weight is 235 g/mol. The second kappa shape index (κ2) is 5.10. The van der Waals surface area contributed by atoms with Crippen molar-refractivity contribution in [1.82, 2.24) is 5.32 Å². The summed E-state index contributed by atoms with van der Waals surface area (Å²) in [6.45, 7) is 3.07. The number of fused-ring (bicyclic) bond motifs is 1. The lowest BCUT2D eigenvalue weighted by Gasteiger charge is -1.98. The van der Waals surface area contributed by atoms with Gasteiger partial charge in [0.1, 0.15) is 11.4 Å². The fourth-order valence-electron chi connectivity index (χ4n) is 1.62. The normalized spacial score (nSPS) is 10.9. The van der Waals surface area contributed by atoms with E-state index in [0.29, 0.717) is 11.0 Å². The Kier molecular flexibility index (Phi) is 3.54. The maximum Gasteiger partial charge on any atom is 0.211 e. The SMILES string of the molecule is CCCNCC(=O)c1cc2cc(F)ccc2o1. The lowest BCUT2D eigenvalue weighted by atomic mass is 10.2. The van der Waals surface area contributed by atoms with E-state index in [0.717, 1.165) is 13.0 Å². The summed E-state index contributed by atoms with van der Waals surface area (Å²) >= 11 is 0. The van der Waals surface area contributed by atoms with E-state index >= 15 is 0 Å². The quantitative estimate of drug-likeness (QED) is 0.640. The Morgan fingerprint density at radius 1 is 1.41 bits per heavy atom. The van der Waals surface area contributed by atoms with E-state index in [2.05, 4.69) is 5.32 Å². The number of carbonyl (C=O) groups is 1. The van der Waals surface area contributed by atoms with Crippen LogP contribution in [0, 0.1) is 5.82 Å². The van der Waals surface area contributed by atoms with Crippen LogP contribution in [-0.4, -0.2) is 18.9 Å². The number of carbonyl (C=O) groups excluding carboxylic acids is 1. The standard InChI is InChI=1S/C13H14FNO2/c1-2-5-15-8-11(16)13-7-9-6-10(14)3-4-12(9)17-13/h3-4,6-7,15H,2,5,8H2,1H3. The molecule has 4 heteroatoms. The highest BCUT2D eigenvalue weighted by molar-refractivity contribution is 5.98. The van der Waals surface area contributed by atoms with Gasteiger partial charge in [0.25, 0.3) is 0 Å². The van der Waals surface area contributed by atoms with Crippen molar-refractivity contribution in [1.29, 1.82) is 0 Å². The number of halogens is 1. The summed E-state index contributed by atoms with van der Waals surface area (Å²) in [5.74, 6) is -0.175. The van der Waals surface area contributed by atoms with Crippen molar-refractivity contribution < 1.29 is 13.6 Å². The fourth-order valence-corrected chi connectivity index (χ4v) is 1.62. The lowest BCUT2D eigenvalue weighted by Crippen LogP contribution is -2.23. The van der Waals surface area contributed by atoms with Crippen LogP contribution in [0.3, 0.4) is 0 Å². The predicted octanol–water partition coefficient (Wildman–Crippen LogP) is 2.75. The minimum atomic E-state index is -0.332. The molecule has 0 aliphatic heterocycles. The average Bonchev–Trinajstić information content (AvgIpc) is 2.72. The molecule has 0 fully saturated rings. The molecule has 0 spiro atoms. The van der Waals surface area contributed by atoms with Crippen molar-refractivity contribution in [3.05, 3.63) is 35.8 Å². The molecule has 1 aromatic carbocycles.